The first kappa shape index (κ1) is 14.9. The monoisotopic (exact) mass is 265 g/mol. The van der Waals surface area contributed by atoms with Gasteiger partial charge in [0.1, 0.15) is 0 Å². The number of hydrogen-bond acceptors (Lipinski definition) is 3. The summed E-state index contributed by atoms with van der Waals surface area (Å²) in [5, 5.41) is 14.3. The van der Waals surface area contributed by atoms with E-state index in [0.29, 0.717) is 5.69 Å². The highest BCUT2D eigenvalue weighted by atomic mass is 16.4. The van der Waals surface area contributed by atoms with E-state index in [-0.39, 0.29) is 17.6 Å². The second-order valence-corrected chi connectivity index (χ2v) is 4.26. The number of urea groups is 1. The standard InChI is InChI=1S/C13H19N3O3/c1-3-5-10(4-2)15-13(19)16-11-6-9(12(17)18)7-14-8-11/h6-8,10H,3-5H2,1-2H3,(H,17,18)(H2,15,16,19). The van der Waals surface area contributed by atoms with E-state index in [0.717, 1.165) is 19.3 Å². The molecule has 6 heteroatoms. The molecule has 0 aliphatic rings. The van der Waals surface area contributed by atoms with Gasteiger partial charge in [0.25, 0.3) is 0 Å². The maximum Gasteiger partial charge on any atom is 0.337 e. The molecule has 3 N–H and O–H groups in total. The molecule has 0 fully saturated rings. The number of pyridine rings is 1. The lowest BCUT2D eigenvalue weighted by atomic mass is 10.1. The molecule has 1 unspecified atom stereocenters. The molecule has 1 rings (SSSR count). The summed E-state index contributed by atoms with van der Waals surface area (Å²) in [6.07, 6.45) is 5.41. The van der Waals surface area contributed by atoms with Crippen molar-refractivity contribution in [3.63, 3.8) is 0 Å². The van der Waals surface area contributed by atoms with Crippen molar-refractivity contribution in [1.29, 1.82) is 0 Å². The van der Waals surface area contributed by atoms with Crippen LogP contribution in [0.2, 0.25) is 0 Å². The highest BCUT2D eigenvalue weighted by molar-refractivity contribution is 5.92. The Labute approximate surface area is 112 Å². The van der Waals surface area contributed by atoms with Gasteiger partial charge in [-0.05, 0) is 18.9 Å². The summed E-state index contributed by atoms with van der Waals surface area (Å²) in [5.41, 5.74) is 0.405. The Balaban J connectivity index is 2.61. The normalized spacial score (nSPS) is 11.7. The van der Waals surface area contributed by atoms with Gasteiger partial charge < -0.3 is 15.7 Å². The second-order valence-electron chi connectivity index (χ2n) is 4.26. The average molecular weight is 265 g/mol. The SMILES string of the molecule is CCCC(CC)NC(=O)Nc1cncc(C(=O)O)c1. The summed E-state index contributed by atoms with van der Waals surface area (Å²) in [7, 11) is 0. The van der Waals surface area contributed by atoms with Crippen molar-refractivity contribution < 1.29 is 14.7 Å². The van der Waals surface area contributed by atoms with Crippen LogP contribution in [0.1, 0.15) is 43.5 Å². The molecule has 0 saturated heterocycles. The molecule has 1 aromatic heterocycles. The summed E-state index contributed by atoms with van der Waals surface area (Å²) in [6, 6.07) is 1.15. The summed E-state index contributed by atoms with van der Waals surface area (Å²) >= 11 is 0. The molecular formula is C13H19N3O3. The molecule has 0 bridgehead atoms. The number of carbonyl (C=O) groups is 2. The molecule has 1 heterocycles. The largest absolute Gasteiger partial charge is 0.478 e. The zero-order chi connectivity index (χ0) is 14.3. The maximum atomic E-state index is 11.7. The summed E-state index contributed by atoms with van der Waals surface area (Å²) in [4.78, 5) is 26.3. The Kier molecular flexibility index (Phi) is 5.78. The van der Waals surface area contributed by atoms with Crippen LogP contribution in [0, 0.1) is 0 Å². The average Bonchev–Trinajstić information content (AvgIpc) is 2.38. The minimum absolute atomic E-state index is 0.0402. The summed E-state index contributed by atoms with van der Waals surface area (Å²) < 4.78 is 0. The number of anilines is 1. The van der Waals surface area contributed by atoms with Crippen molar-refractivity contribution in [2.24, 2.45) is 0 Å². The van der Waals surface area contributed by atoms with E-state index in [1.54, 1.807) is 0 Å². The Hall–Kier alpha value is -2.11. The number of aromatic nitrogens is 1. The first-order valence-electron chi connectivity index (χ1n) is 6.32. The number of carboxylic acid groups (broad SMARTS) is 1. The molecular weight excluding hydrogens is 246 g/mol. The van der Waals surface area contributed by atoms with Gasteiger partial charge in [0.2, 0.25) is 0 Å². The lowest BCUT2D eigenvalue weighted by Crippen LogP contribution is -2.37. The molecule has 6 nitrogen and oxygen atoms in total. The molecule has 2 amide bonds. The molecule has 0 aliphatic carbocycles. The van der Waals surface area contributed by atoms with Gasteiger partial charge in [0, 0.05) is 12.2 Å². The van der Waals surface area contributed by atoms with E-state index in [9.17, 15) is 9.59 Å². The maximum absolute atomic E-state index is 11.7. The van der Waals surface area contributed by atoms with Crippen LogP contribution in [-0.2, 0) is 0 Å². The third-order valence-electron chi connectivity index (χ3n) is 2.71. The summed E-state index contributed by atoms with van der Waals surface area (Å²) in [5.74, 6) is -1.08. The van der Waals surface area contributed by atoms with Crippen LogP contribution in [0.15, 0.2) is 18.5 Å². The fourth-order valence-electron chi connectivity index (χ4n) is 1.70. The predicted molar refractivity (Wildman–Crippen MR) is 72.3 cm³/mol. The molecule has 1 aromatic rings. The number of hydrogen-bond donors (Lipinski definition) is 3. The number of nitrogens with zero attached hydrogens (tertiary/aromatic N) is 1. The van der Waals surface area contributed by atoms with Crippen molar-refractivity contribution in [3.8, 4) is 0 Å². The van der Waals surface area contributed by atoms with Crippen molar-refractivity contribution in [3.05, 3.63) is 24.0 Å². The smallest absolute Gasteiger partial charge is 0.337 e. The van der Waals surface area contributed by atoms with Crippen LogP contribution >= 0.6 is 0 Å². The predicted octanol–water partition coefficient (Wildman–Crippen LogP) is 2.48. The minimum atomic E-state index is -1.08. The number of nitrogens with one attached hydrogen (secondary N) is 2. The van der Waals surface area contributed by atoms with E-state index < -0.39 is 5.97 Å². The number of carbonyl (C=O) groups excluding carboxylic acids is 1. The third kappa shape index (κ3) is 4.95. The van der Waals surface area contributed by atoms with Gasteiger partial charge in [-0.15, -0.1) is 0 Å². The van der Waals surface area contributed by atoms with Crippen LogP contribution in [0.3, 0.4) is 0 Å². The van der Waals surface area contributed by atoms with Crippen molar-refractivity contribution >= 4 is 17.7 Å². The van der Waals surface area contributed by atoms with E-state index in [4.69, 9.17) is 5.11 Å². The Morgan fingerprint density at radius 3 is 2.68 bits per heavy atom. The highest BCUT2D eigenvalue weighted by Gasteiger charge is 2.10. The number of aromatic carboxylic acids is 1. The van der Waals surface area contributed by atoms with Gasteiger partial charge in [0.05, 0.1) is 17.4 Å². The van der Waals surface area contributed by atoms with Crippen LogP contribution in [0.25, 0.3) is 0 Å². The first-order valence-corrected chi connectivity index (χ1v) is 6.32. The third-order valence-corrected chi connectivity index (χ3v) is 2.71. The zero-order valence-electron chi connectivity index (χ0n) is 11.1. The van der Waals surface area contributed by atoms with Gasteiger partial charge in [-0.3, -0.25) is 4.98 Å². The molecule has 1 atom stereocenters. The van der Waals surface area contributed by atoms with Gasteiger partial charge in [-0.1, -0.05) is 20.3 Å². The van der Waals surface area contributed by atoms with Crippen LogP contribution in [0.5, 0.6) is 0 Å². The minimum Gasteiger partial charge on any atom is -0.478 e. The molecule has 0 aliphatic heterocycles. The second kappa shape index (κ2) is 7.35. The van der Waals surface area contributed by atoms with Crippen molar-refractivity contribution in [1.82, 2.24) is 10.3 Å². The Morgan fingerprint density at radius 2 is 2.11 bits per heavy atom. The molecule has 0 radical (unpaired) electrons. The van der Waals surface area contributed by atoms with Gasteiger partial charge in [-0.2, -0.15) is 0 Å². The zero-order valence-corrected chi connectivity index (χ0v) is 11.1. The number of amides is 2. The molecule has 0 saturated carbocycles. The number of rotatable bonds is 6. The van der Waals surface area contributed by atoms with E-state index in [2.05, 4.69) is 22.5 Å². The Bertz CT molecular complexity index is 449. The van der Waals surface area contributed by atoms with Crippen molar-refractivity contribution in [2.75, 3.05) is 5.32 Å². The Morgan fingerprint density at radius 1 is 1.37 bits per heavy atom. The fourth-order valence-corrected chi connectivity index (χ4v) is 1.70. The summed E-state index contributed by atoms with van der Waals surface area (Å²) in [6.45, 7) is 4.07. The quantitative estimate of drug-likeness (QED) is 0.736. The van der Waals surface area contributed by atoms with Gasteiger partial charge in [-0.25, -0.2) is 9.59 Å². The van der Waals surface area contributed by atoms with E-state index in [1.165, 1.54) is 18.5 Å². The molecule has 0 spiro atoms. The molecule has 0 aromatic carbocycles. The van der Waals surface area contributed by atoms with Gasteiger partial charge in [0.15, 0.2) is 0 Å². The van der Waals surface area contributed by atoms with Gasteiger partial charge >= 0.3 is 12.0 Å². The topological polar surface area (TPSA) is 91.3 Å². The number of carboxylic acids is 1. The first-order chi connectivity index (χ1) is 9.06. The van der Waals surface area contributed by atoms with E-state index in [1.807, 2.05) is 6.92 Å². The lowest BCUT2D eigenvalue weighted by Gasteiger charge is -2.16. The highest BCUT2D eigenvalue weighted by Crippen LogP contribution is 2.09. The van der Waals surface area contributed by atoms with Crippen LogP contribution in [-0.4, -0.2) is 28.1 Å². The van der Waals surface area contributed by atoms with Crippen LogP contribution < -0.4 is 10.6 Å². The van der Waals surface area contributed by atoms with Crippen molar-refractivity contribution in [2.45, 2.75) is 39.2 Å². The van der Waals surface area contributed by atoms with Crippen LogP contribution in [0.4, 0.5) is 10.5 Å². The molecule has 104 valence electrons. The molecule has 19 heavy (non-hydrogen) atoms. The van der Waals surface area contributed by atoms with E-state index >= 15 is 0 Å². The fraction of sp³-hybridized carbons (Fsp3) is 0.462. The lowest BCUT2D eigenvalue weighted by molar-refractivity contribution is 0.0696.